The molecule has 0 saturated heterocycles. The lowest BCUT2D eigenvalue weighted by Crippen LogP contribution is -2.31. The van der Waals surface area contributed by atoms with E-state index in [-0.39, 0.29) is 18.9 Å². The molecule has 0 aliphatic rings. The van der Waals surface area contributed by atoms with Crippen molar-refractivity contribution >= 4 is 22.0 Å². The summed E-state index contributed by atoms with van der Waals surface area (Å²) in [6.07, 6.45) is 3.22. The van der Waals surface area contributed by atoms with Gasteiger partial charge in [-0.25, -0.2) is 0 Å². The molecule has 112 valence electrons. The molecule has 0 spiro atoms. The summed E-state index contributed by atoms with van der Waals surface area (Å²) in [6.45, 7) is -0.0311. The maximum atomic E-state index is 11.6. The largest absolute Gasteiger partial charge is 0.481 e. The minimum atomic E-state index is -4.04. The number of carboxylic acid groups (broad SMARTS) is 1. The van der Waals surface area contributed by atoms with Crippen molar-refractivity contribution in [1.29, 1.82) is 0 Å². The molecule has 0 bridgehead atoms. The number of rotatable bonds is 10. The van der Waals surface area contributed by atoms with Gasteiger partial charge in [0.05, 0.1) is 5.75 Å². The van der Waals surface area contributed by atoms with Crippen molar-refractivity contribution in [1.82, 2.24) is 4.90 Å². The number of carboxylic acids is 1. The van der Waals surface area contributed by atoms with Crippen LogP contribution in [0.5, 0.6) is 0 Å². The summed E-state index contributed by atoms with van der Waals surface area (Å²) in [5, 5.41) is 8.43. The van der Waals surface area contributed by atoms with E-state index in [1.54, 1.807) is 0 Å². The highest BCUT2D eigenvalue weighted by molar-refractivity contribution is 7.85. The molecule has 0 aromatic rings. The summed E-state index contributed by atoms with van der Waals surface area (Å²) in [5.74, 6) is -1.46. The molecule has 0 fully saturated rings. The van der Waals surface area contributed by atoms with E-state index in [2.05, 4.69) is 0 Å². The van der Waals surface area contributed by atoms with Gasteiger partial charge in [0.1, 0.15) is 0 Å². The Morgan fingerprint density at radius 1 is 1.05 bits per heavy atom. The van der Waals surface area contributed by atoms with Gasteiger partial charge in [0, 0.05) is 26.4 Å². The molecule has 1 amide bonds. The predicted molar refractivity (Wildman–Crippen MR) is 69.4 cm³/mol. The molecule has 0 aromatic heterocycles. The number of carbonyl (C=O) groups excluding carboxylic acids is 1. The van der Waals surface area contributed by atoms with E-state index in [1.807, 2.05) is 0 Å². The minimum Gasteiger partial charge on any atom is -0.481 e. The first-order valence-electron chi connectivity index (χ1n) is 6.13. The number of hydrogen-bond acceptors (Lipinski definition) is 4. The normalized spacial score (nSPS) is 11.3. The van der Waals surface area contributed by atoms with E-state index in [9.17, 15) is 18.0 Å². The fourth-order valence-corrected chi connectivity index (χ4v) is 1.98. The van der Waals surface area contributed by atoms with Crippen LogP contribution in [0.4, 0.5) is 0 Å². The quantitative estimate of drug-likeness (QED) is 0.454. The van der Waals surface area contributed by atoms with E-state index in [4.69, 9.17) is 9.66 Å². The van der Waals surface area contributed by atoms with E-state index >= 15 is 0 Å². The van der Waals surface area contributed by atoms with Gasteiger partial charge in [0.25, 0.3) is 10.1 Å². The van der Waals surface area contributed by atoms with Crippen LogP contribution in [0.2, 0.25) is 0 Å². The van der Waals surface area contributed by atoms with Crippen LogP contribution in [0.1, 0.15) is 38.5 Å². The standard InChI is InChI=1S/C11H21NO6S/c1-12(8-9-19(16,17)18)10(13)6-4-2-3-5-7-11(14)15/h2-9H2,1H3,(H,14,15)(H,16,17,18). The molecule has 19 heavy (non-hydrogen) atoms. The van der Waals surface area contributed by atoms with Gasteiger partial charge in [-0.15, -0.1) is 0 Å². The molecule has 2 N–H and O–H groups in total. The molecule has 0 aliphatic carbocycles. The molecular formula is C11H21NO6S. The molecule has 7 nitrogen and oxygen atoms in total. The van der Waals surface area contributed by atoms with Gasteiger partial charge >= 0.3 is 5.97 Å². The Kier molecular flexibility index (Phi) is 8.33. The van der Waals surface area contributed by atoms with E-state index in [1.165, 1.54) is 11.9 Å². The number of hydrogen-bond donors (Lipinski definition) is 2. The first-order valence-corrected chi connectivity index (χ1v) is 7.74. The second-order valence-electron chi connectivity index (χ2n) is 4.41. The van der Waals surface area contributed by atoms with Crippen LogP contribution in [-0.2, 0) is 19.7 Å². The molecule has 0 heterocycles. The molecule has 8 heteroatoms. The minimum absolute atomic E-state index is 0.0311. The maximum Gasteiger partial charge on any atom is 0.303 e. The lowest BCUT2D eigenvalue weighted by Gasteiger charge is -2.16. The zero-order chi connectivity index (χ0) is 14.9. The van der Waals surface area contributed by atoms with E-state index in [0.717, 1.165) is 12.8 Å². The average molecular weight is 295 g/mol. The van der Waals surface area contributed by atoms with Crippen LogP contribution in [0.15, 0.2) is 0 Å². The van der Waals surface area contributed by atoms with Crippen LogP contribution in [0.25, 0.3) is 0 Å². The topological polar surface area (TPSA) is 112 Å². The first-order chi connectivity index (χ1) is 8.72. The number of amides is 1. The second kappa shape index (κ2) is 8.87. The average Bonchev–Trinajstić information content (AvgIpc) is 2.28. The molecular weight excluding hydrogens is 274 g/mol. The summed E-state index contributed by atoms with van der Waals surface area (Å²) in [6, 6.07) is 0. The molecule has 0 saturated carbocycles. The Morgan fingerprint density at radius 2 is 1.58 bits per heavy atom. The lowest BCUT2D eigenvalue weighted by molar-refractivity contribution is -0.137. The van der Waals surface area contributed by atoms with Gasteiger partial charge in [0.2, 0.25) is 5.91 Å². The van der Waals surface area contributed by atoms with E-state index < -0.39 is 21.8 Å². The molecule has 0 aromatic carbocycles. The molecule has 0 unspecified atom stereocenters. The van der Waals surface area contributed by atoms with Gasteiger partial charge in [-0.2, -0.15) is 8.42 Å². The van der Waals surface area contributed by atoms with Crippen molar-refractivity contribution in [3.05, 3.63) is 0 Å². The van der Waals surface area contributed by atoms with Crippen molar-refractivity contribution in [2.24, 2.45) is 0 Å². The Hall–Kier alpha value is -1.15. The predicted octanol–water partition coefficient (Wildman–Crippen LogP) is 0.758. The Morgan fingerprint density at radius 3 is 2.05 bits per heavy atom. The van der Waals surface area contributed by atoms with Crippen LogP contribution in [0, 0.1) is 0 Å². The molecule has 0 atom stereocenters. The van der Waals surface area contributed by atoms with E-state index in [0.29, 0.717) is 19.3 Å². The highest BCUT2D eigenvalue weighted by Gasteiger charge is 2.12. The van der Waals surface area contributed by atoms with Crippen LogP contribution in [0.3, 0.4) is 0 Å². The molecule has 0 aliphatic heterocycles. The molecule has 0 rings (SSSR count). The fourth-order valence-electron chi connectivity index (χ4n) is 1.47. The van der Waals surface area contributed by atoms with Gasteiger partial charge in [-0.3, -0.25) is 14.1 Å². The summed E-state index contributed by atoms with van der Waals surface area (Å²) in [4.78, 5) is 23.1. The van der Waals surface area contributed by atoms with Gasteiger partial charge in [0.15, 0.2) is 0 Å². The Labute approximate surface area is 113 Å². The Bertz CT molecular complexity index is 392. The number of carbonyl (C=O) groups is 2. The third-order valence-corrected chi connectivity index (χ3v) is 3.34. The van der Waals surface area contributed by atoms with Crippen molar-refractivity contribution in [2.45, 2.75) is 38.5 Å². The third-order valence-electron chi connectivity index (χ3n) is 2.64. The second-order valence-corrected chi connectivity index (χ2v) is 5.98. The monoisotopic (exact) mass is 295 g/mol. The SMILES string of the molecule is CN(CCS(=O)(=O)O)C(=O)CCCCCCC(=O)O. The van der Waals surface area contributed by atoms with Crippen molar-refractivity contribution in [3.63, 3.8) is 0 Å². The van der Waals surface area contributed by atoms with Crippen LogP contribution in [-0.4, -0.2) is 54.2 Å². The summed E-state index contributed by atoms with van der Waals surface area (Å²) in [7, 11) is -2.56. The first kappa shape index (κ1) is 17.8. The van der Waals surface area contributed by atoms with Gasteiger partial charge in [-0.1, -0.05) is 12.8 Å². The highest BCUT2D eigenvalue weighted by atomic mass is 32.2. The lowest BCUT2D eigenvalue weighted by atomic mass is 10.1. The van der Waals surface area contributed by atoms with Gasteiger partial charge < -0.3 is 10.0 Å². The summed E-state index contributed by atoms with van der Waals surface area (Å²) < 4.78 is 29.6. The zero-order valence-corrected chi connectivity index (χ0v) is 11.9. The van der Waals surface area contributed by atoms with Crippen molar-refractivity contribution < 1.29 is 27.7 Å². The molecule has 0 radical (unpaired) electrons. The fraction of sp³-hybridized carbons (Fsp3) is 0.818. The maximum absolute atomic E-state index is 11.6. The third kappa shape index (κ3) is 11.7. The number of aliphatic carboxylic acids is 1. The van der Waals surface area contributed by atoms with Crippen LogP contribution >= 0.6 is 0 Å². The highest BCUT2D eigenvalue weighted by Crippen LogP contribution is 2.06. The number of unbranched alkanes of at least 4 members (excludes halogenated alkanes) is 3. The number of nitrogens with zero attached hydrogens (tertiary/aromatic N) is 1. The van der Waals surface area contributed by atoms with Crippen molar-refractivity contribution in [2.75, 3.05) is 19.3 Å². The van der Waals surface area contributed by atoms with Crippen molar-refractivity contribution in [3.8, 4) is 0 Å². The van der Waals surface area contributed by atoms with Crippen LogP contribution < -0.4 is 0 Å². The smallest absolute Gasteiger partial charge is 0.303 e. The Balaban J connectivity index is 3.65. The van der Waals surface area contributed by atoms with Gasteiger partial charge in [-0.05, 0) is 12.8 Å². The summed E-state index contributed by atoms with van der Waals surface area (Å²) >= 11 is 0. The summed E-state index contributed by atoms with van der Waals surface area (Å²) in [5.41, 5.74) is 0. The zero-order valence-electron chi connectivity index (χ0n) is 11.0.